The van der Waals surface area contributed by atoms with Gasteiger partial charge in [0.1, 0.15) is 11.9 Å². The first-order valence-electron chi connectivity index (χ1n) is 15.3. The number of rotatable bonds is 6. The van der Waals surface area contributed by atoms with Crippen molar-refractivity contribution in [2.24, 2.45) is 7.05 Å². The summed E-state index contributed by atoms with van der Waals surface area (Å²) in [7, 11) is 5.53. The van der Waals surface area contributed by atoms with Crippen LogP contribution >= 0.6 is 0 Å². The van der Waals surface area contributed by atoms with E-state index in [1.54, 1.807) is 23.3 Å². The van der Waals surface area contributed by atoms with Crippen molar-refractivity contribution in [1.29, 1.82) is 0 Å². The molecule has 7 rings (SSSR count). The Balaban J connectivity index is 1.38. The van der Waals surface area contributed by atoms with Gasteiger partial charge in [-0.3, -0.25) is 18.8 Å². The lowest BCUT2D eigenvalue weighted by atomic mass is 9.64. The molecule has 226 valence electrons. The maximum atomic E-state index is 13.6. The molecule has 1 saturated carbocycles. The van der Waals surface area contributed by atoms with Crippen LogP contribution < -0.4 is 10.4 Å². The number of nitrogens with zero attached hydrogens (tertiary/aromatic N) is 6. The summed E-state index contributed by atoms with van der Waals surface area (Å²) < 4.78 is 27.4. The van der Waals surface area contributed by atoms with Crippen molar-refractivity contribution in [3.8, 4) is 17.4 Å². The summed E-state index contributed by atoms with van der Waals surface area (Å²) in [4.78, 5) is 39.0. The first kappa shape index (κ1) is 27.7. The molecule has 4 aliphatic rings. The van der Waals surface area contributed by atoms with Crippen molar-refractivity contribution in [3.05, 3.63) is 21.8 Å². The molecular weight excluding hydrogens is 540 g/mol. The van der Waals surface area contributed by atoms with Crippen LogP contribution in [-0.4, -0.2) is 87.1 Å². The zero-order valence-corrected chi connectivity index (χ0v) is 24.9. The van der Waals surface area contributed by atoms with Crippen LogP contribution in [0.5, 0.6) is 5.88 Å². The minimum atomic E-state index is -0.604. The average Bonchev–Trinajstić information content (AvgIpc) is 3.77. The number of aryl methyl sites for hydroxylation is 1. The Labute approximate surface area is 244 Å². The number of likely N-dealkylation sites (N-methyl/N-ethyl adjacent to an activating group) is 1. The molecule has 12 heteroatoms. The lowest BCUT2D eigenvalue weighted by molar-refractivity contribution is -0.128. The van der Waals surface area contributed by atoms with Crippen LogP contribution in [0, 0.1) is 0 Å². The van der Waals surface area contributed by atoms with Gasteiger partial charge >= 0.3 is 5.69 Å². The highest BCUT2D eigenvalue weighted by Gasteiger charge is 2.49. The maximum absolute atomic E-state index is 13.6. The molecule has 0 unspecified atom stereocenters. The number of carbonyl (C=O) groups is 1. The number of methoxy groups -OCH3 is 1. The standard InChI is InChI=1S/C30H40N6O6/c1-17(23-20(39-4)10-14-34(23)2)41-28-24-27(36(29(38)35(24)3)18-11-15-40-16-18)31-26(32-28)22-19-8-7-13-30(25(19)42-33-22)12-6-5-9-21(30)37/h17-18,20,23H,5-16H2,1-4H3/t17-,18+,20-,23+,30+/m0/s1. The third kappa shape index (κ3) is 4.16. The molecule has 3 fully saturated rings. The Morgan fingerprint density at radius 3 is 2.67 bits per heavy atom. The highest BCUT2D eigenvalue weighted by atomic mass is 16.5. The van der Waals surface area contributed by atoms with Gasteiger partial charge in [0, 0.05) is 39.3 Å². The highest BCUT2D eigenvalue weighted by molar-refractivity contribution is 5.91. The Bertz CT molecular complexity index is 1570. The Morgan fingerprint density at radius 2 is 1.90 bits per heavy atom. The molecule has 12 nitrogen and oxygen atoms in total. The molecule has 0 aromatic carbocycles. The molecule has 0 radical (unpaired) electrons. The Hall–Kier alpha value is -3.09. The number of likely N-dealkylation sites (tertiary alicyclic amines) is 1. The summed E-state index contributed by atoms with van der Waals surface area (Å²) in [6.45, 7) is 3.95. The van der Waals surface area contributed by atoms with Crippen molar-refractivity contribution >= 4 is 16.9 Å². The van der Waals surface area contributed by atoms with Crippen LogP contribution in [0.15, 0.2) is 9.32 Å². The molecule has 42 heavy (non-hydrogen) atoms. The number of ether oxygens (including phenoxy) is 3. The highest BCUT2D eigenvalue weighted by Crippen LogP contribution is 2.47. The minimum absolute atomic E-state index is 0.0165. The van der Waals surface area contributed by atoms with Gasteiger partial charge in [0.05, 0.1) is 30.2 Å². The van der Waals surface area contributed by atoms with Crippen LogP contribution in [-0.2, 0) is 33.2 Å². The van der Waals surface area contributed by atoms with E-state index >= 15 is 0 Å². The second-order valence-electron chi connectivity index (χ2n) is 12.5. The lowest BCUT2D eigenvalue weighted by Crippen LogP contribution is -2.45. The van der Waals surface area contributed by atoms with E-state index < -0.39 is 5.41 Å². The van der Waals surface area contributed by atoms with Crippen LogP contribution in [0.2, 0.25) is 0 Å². The number of ketones is 1. The second kappa shape index (κ2) is 10.6. The third-order valence-corrected chi connectivity index (χ3v) is 10.2. The van der Waals surface area contributed by atoms with Gasteiger partial charge in [-0.05, 0) is 58.9 Å². The predicted octanol–water partition coefficient (Wildman–Crippen LogP) is 2.95. The zero-order valence-electron chi connectivity index (χ0n) is 24.9. The fourth-order valence-corrected chi connectivity index (χ4v) is 7.94. The molecule has 5 atom stereocenters. The summed E-state index contributed by atoms with van der Waals surface area (Å²) in [5.41, 5.74) is 1.66. The van der Waals surface area contributed by atoms with Crippen molar-refractivity contribution in [2.75, 3.05) is 33.9 Å². The van der Waals surface area contributed by atoms with E-state index in [9.17, 15) is 9.59 Å². The number of carbonyl (C=O) groups excluding carboxylic acids is 1. The Kier molecular flexibility index (Phi) is 6.98. The number of fused-ring (bicyclic) bond motifs is 3. The van der Waals surface area contributed by atoms with Crippen molar-refractivity contribution in [1.82, 2.24) is 29.2 Å². The third-order valence-electron chi connectivity index (χ3n) is 10.2. The topological polar surface area (TPSA) is 127 Å². The van der Waals surface area contributed by atoms with Crippen LogP contribution in [0.1, 0.15) is 75.7 Å². The van der Waals surface area contributed by atoms with E-state index in [4.69, 9.17) is 28.7 Å². The second-order valence-corrected chi connectivity index (χ2v) is 12.5. The van der Waals surface area contributed by atoms with Crippen molar-refractivity contribution < 1.29 is 23.5 Å². The zero-order chi connectivity index (χ0) is 29.2. The van der Waals surface area contributed by atoms with Crippen LogP contribution in [0.3, 0.4) is 0 Å². The summed E-state index contributed by atoms with van der Waals surface area (Å²) in [6.07, 6.45) is 7.05. The van der Waals surface area contributed by atoms with Gasteiger partial charge in [-0.2, -0.15) is 4.98 Å². The number of hydrogen-bond acceptors (Lipinski definition) is 10. The summed E-state index contributed by atoms with van der Waals surface area (Å²) >= 11 is 0. The number of imidazole rings is 1. The Morgan fingerprint density at radius 1 is 1.07 bits per heavy atom. The van der Waals surface area contributed by atoms with Gasteiger partial charge < -0.3 is 18.7 Å². The van der Waals surface area contributed by atoms with E-state index in [0.29, 0.717) is 54.0 Å². The molecule has 3 aromatic rings. The monoisotopic (exact) mass is 580 g/mol. The largest absolute Gasteiger partial charge is 0.471 e. The van der Waals surface area contributed by atoms with Crippen LogP contribution in [0.25, 0.3) is 22.7 Å². The van der Waals surface area contributed by atoms with Gasteiger partial charge in [-0.1, -0.05) is 11.6 Å². The van der Waals surface area contributed by atoms with Crippen LogP contribution in [0.4, 0.5) is 0 Å². The quantitative estimate of drug-likeness (QED) is 0.429. The van der Waals surface area contributed by atoms with Crippen molar-refractivity contribution in [3.63, 3.8) is 0 Å². The molecule has 1 spiro atoms. The van der Waals surface area contributed by atoms with E-state index in [-0.39, 0.29) is 35.8 Å². The molecule has 2 saturated heterocycles. The minimum Gasteiger partial charge on any atom is -0.471 e. The fraction of sp³-hybridized carbons (Fsp3) is 0.700. The van der Waals surface area contributed by atoms with Crippen molar-refractivity contribution in [2.45, 2.75) is 94.4 Å². The molecule has 0 bridgehead atoms. The lowest BCUT2D eigenvalue weighted by Gasteiger charge is -2.36. The first-order chi connectivity index (χ1) is 20.3. The number of Topliss-reactive ketones (excluding diaryl/α,β-unsaturated/α-hetero) is 1. The van der Waals surface area contributed by atoms with E-state index in [0.717, 1.165) is 63.5 Å². The summed E-state index contributed by atoms with van der Waals surface area (Å²) in [5, 5.41) is 4.50. The molecular formula is C30H40N6O6. The molecule has 3 aromatic heterocycles. The van der Waals surface area contributed by atoms with Gasteiger partial charge in [0.25, 0.3) is 0 Å². The number of hydrogen-bond donors (Lipinski definition) is 0. The number of aromatic nitrogens is 5. The molecule has 2 aliphatic carbocycles. The molecule has 0 N–H and O–H groups in total. The fourth-order valence-electron chi connectivity index (χ4n) is 7.94. The normalized spacial score (nSPS) is 29.0. The molecule has 0 amide bonds. The smallest absolute Gasteiger partial charge is 0.330 e. The van der Waals surface area contributed by atoms with E-state index in [1.807, 2.05) is 6.92 Å². The van der Waals surface area contributed by atoms with E-state index in [1.165, 1.54) is 0 Å². The van der Waals surface area contributed by atoms with E-state index in [2.05, 4.69) is 17.1 Å². The first-order valence-corrected chi connectivity index (χ1v) is 15.3. The van der Waals surface area contributed by atoms with Gasteiger partial charge in [-0.15, -0.1) is 0 Å². The van der Waals surface area contributed by atoms with Gasteiger partial charge in [0.2, 0.25) is 5.88 Å². The predicted molar refractivity (Wildman–Crippen MR) is 153 cm³/mol. The molecule has 5 heterocycles. The SMILES string of the molecule is CO[C@H]1CCN(C)[C@@H]1[C@H](C)Oc1nc(-c2noc3c2CCC[C@@]32CCCCC2=O)nc2c1n(C)c(=O)n2[C@@H]1CCOC1. The summed E-state index contributed by atoms with van der Waals surface area (Å²) in [6, 6.07) is -0.120. The van der Waals surface area contributed by atoms with Gasteiger partial charge in [0.15, 0.2) is 28.4 Å². The summed E-state index contributed by atoms with van der Waals surface area (Å²) in [5.74, 6) is 1.60. The maximum Gasteiger partial charge on any atom is 0.330 e. The van der Waals surface area contributed by atoms with Gasteiger partial charge in [-0.25, -0.2) is 9.78 Å². The molecule has 2 aliphatic heterocycles. The average molecular weight is 581 g/mol.